The fraction of sp³-hybridized carbons (Fsp3) is 0.333. The van der Waals surface area contributed by atoms with E-state index >= 15 is 0 Å². The molecule has 4 rings (SSSR count). The van der Waals surface area contributed by atoms with E-state index in [-0.39, 0.29) is 17.3 Å². The fourth-order valence-corrected chi connectivity index (χ4v) is 4.61. The monoisotopic (exact) mass is 491 g/mol. The number of nitro groups is 1. The Hall–Kier alpha value is -4.14. The number of rotatable bonds is 8. The third-order valence-electron chi connectivity index (χ3n) is 6.78. The van der Waals surface area contributed by atoms with Gasteiger partial charge in [-0.3, -0.25) is 14.9 Å². The number of aryl methyl sites for hydroxylation is 2. The van der Waals surface area contributed by atoms with Crippen LogP contribution in [0.3, 0.4) is 0 Å². The van der Waals surface area contributed by atoms with Gasteiger partial charge in [0.1, 0.15) is 11.4 Å². The van der Waals surface area contributed by atoms with E-state index in [1.807, 2.05) is 6.92 Å². The molecular weight excluding hydrogens is 462 g/mol. The number of carbonyl (C=O) groups is 2. The number of amides is 1. The molecule has 0 atom stereocenters. The summed E-state index contributed by atoms with van der Waals surface area (Å²) in [5, 5.41) is 14.2. The zero-order valence-electron chi connectivity index (χ0n) is 20.8. The van der Waals surface area contributed by atoms with Crippen molar-refractivity contribution < 1.29 is 24.0 Å². The van der Waals surface area contributed by atoms with Gasteiger partial charge in [0.05, 0.1) is 24.7 Å². The standard InChI is InChI=1S/C27H29N3O6/c1-15-12-19(30(33)34)9-11-20(15)23-16(2)29-25(27(32)36-4)24(23)18-8-10-21(22(13-18)35-3)26(31)28-14-17-6-5-7-17/h8-13,17,29H,5-7,14H2,1-4H3,(H,28,31). The minimum absolute atomic E-state index is 0.0156. The molecule has 1 saturated carbocycles. The molecule has 36 heavy (non-hydrogen) atoms. The van der Waals surface area contributed by atoms with Crippen molar-refractivity contribution in [3.05, 3.63) is 69.0 Å². The van der Waals surface area contributed by atoms with Crippen LogP contribution in [0.5, 0.6) is 5.75 Å². The molecule has 1 fully saturated rings. The highest BCUT2D eigenvalue weighted by Crippen LogP contribution is 2.41. The highest BCUT2D eigenvalue weighted by atomic mass is 16.6. The summed E-state index contributed by atoms with van der Waals surface area (Å²) in [5.41, 5.74) is 4.67. The van der Waals surface area contributed by atoms with Gasteiger partial charge in [0, 0.05) is 35.5 Å². The number of ether oxygens (including phenoxy) is 2. The molecule has 1 heterocycles. The Morgan fingerprint density at radius 1 is 1.11 bits per heavy atom. The summed E-state index contributed by atoms with van der Waals surface area (Å²) in [6.07, 6.45) is 3.46. The van der Waals surface area contributed by atoms with Crippen molar-refractivity contribution in [2.75, 3.05) is 20.8 Å². The lowest BCUT2D eigenvalue weighted by molar-refractivity contribution is -0.384. The van der Waals surface area contributed by atoms with Gasteiger partial charge in [0.15, 0.2) is 0 Å². The van der Waals surface area contributed by atoms with Crippen molar-refractivity contribution in [3.8, 4) is 28.0 Å². The van der Waals surface area contributed by atoms with Crippen LogP contribution < -0.4 is 10.1 Å². The Morgan fingerprint density at radius 2 is 1.86 bits per heavy atom. The minimum atomic E-state index is -0.555. The molecule has 0 bridgehead atoms. The van der Waals surface area contributed by atoms with E-state index in [0.29, 0.717) is 51.7 Å². The molecule has 188 valence electrons. The molecule has 0 radical (unpaired) electrons. The number of hydrogen-bond donors (Lipinski definition) is 2. The first kappa shape index (κ1) is 25.0. The third kappa shape index (κ3) is 4.68. The van der Waals surface area contributed by atoms with Crippen LogP contribution in [0, 0.1) is 29.9 Å². The molecule has 1 aliphatic rings. The topological polar surface area (TPSA) is 124 Å². The van der Waals surface area contributed by atoms with Crippen molar-refractivity contribution in [2.45, 2.75) is 33.1 Å². The van der Waals surface area contributed by atoms with Gasteiger partial charge in [-0.1, -0.05) is 12.5 Å². The molecular formula is C27H29N3O6. The van der Waals surface area contributed by atoms with Crippen molar-refractivity contribution in [2.24, 2.45) is 5.92 Å². The number of H-pyrrole nitrogens is 1. The molecule has 2 aromatic carbocycles. The predicted molar refractivity (Wildman–Crippen MR) is 135 cm³/mol. The summed E-state index contributed by atoms with van der Waals surface area (Å²) in [6, 6.07) is 9.78. The van der Waals surface area contributed by atoms with Gasteiger partial charge in [-0.05, 0) is 67.5 Å². The van der Waals surface area contributed by atoms with E-state index in [0.717, 1.165) is 18.4 Å². The molecule has 3 aromatic rings. The maximum atomic E-state index is 12.8. The van der Waals surface area contributed by atoms with E-state index < -0.39 is 10.9 Å². The normalized spacial score (nSPS) is 13.1. The van der Waals surface area contributed by atoms with Gasteiger partial charge in [0.25, 0.3) is 11.6 Å². The van der Waals surface area contributed by atoms with E-state index in [4.69, 9.17) is 9.47 Å². The smallest absolute Gasteiger partial charge is 0.355 e. The van der Waals surface area contributed by atoms with Crippen LogP contribution >= 0.6 is 0 Å². The highest BCUT2D eigenvalue weighted by Gasteiger charge is 2.26. The second-order valence-corrected chi connectivity index (χ2v) is 9.04. The first-order valence-corrected chi connectivity index (χ1v) is 11.8. The molecule has 9 nitrogen and oxygen atoms in total. The number of methoxy groups -OCH3 is 2. The number of benzene rings is 2. The van der Waals surface area contributed by atoms with E-state index in [1.165, 1.54) is 32.8 Å². The molecule has 2 N–H and O–H groups in total. The lowest BCUT2D eigenvalue weighted by atomic mass is 9.85. The number of non-ortho nitro benzene ring substituents is 1. The number of esters is 1. The van der Waals surface area contributed by atoms with Gasteiger partial charge in [-0.25, -0.2) is 4.79 Å². The van der Waals surface area contributed by atoms with Crippen LogP contribution in [-0.4, -0.2) is 42.5 Å². The number of carbonyl (C=O) groups excluding carboxylic acids is 2. The molecule has 9 heteroatoms. The molecule has 0 spiro atoms. The lowest BCUT2D eigenvalue weighted by Crippen LogP contribution is -2.32. The summed E-state index contributed by atoms with van der Waals surface area (Å²) in [6.45, 7) is 4.24. The Balaban J connectivity index is 1.81. The zero-order valence-corrected chi connectivity index (χ0v) is 20.8. The summed E-state index contributed by atoms with van der Waals surface area (Å²) >= 11 is 0. The van der Waals surface area contributed by atoms with Gasteiger partial charge < -0.3 is 19.8 Å². The van der Waals surface area contributed by atoms with E-state index in [1.54, 1.807) is 31.2 Å². The largest absolute Gasteiger partial charge is 0.496 e. The van der Waals surface area contributed by atoms with Gasteiger partial charge in [-0.2, -0.15) is 0 Å². The Morgan fingerprint density at radius 3 is 2.44 bits per heavy atom. The molecule has 1 aliphatic carbocycles. The number of aromatic amines is 1. The lowest BCUT2D eigenvalue weighted by Gasteiger charge is -2.25. The van der Waals surface area contributed by atoms with Gasteiger partial charge in [-0.15, -0.1) is 0 Å². The summed E-state index contributed by atoms with van der Waals surface area (Å²) in [4.78, 5) is 39.5. The Bertz CT molecular complexity index is 1340. The van der Waals surface area contributed by atoms with Crippen LogP contribution in [0.2, 0.25) is 0 Å². The van der Waals surface area contributed by atoms with Crippen molar-refractivity contribution in [1.82, 2.24) is 10.3 Å². The SMILES string of the molecule is COC(=O)c1[nH]c(C)c(-c2ccc([N+](=O)[O-])cc2C)c1-c1ccc(C(=O)NCC2CCC2)c(OC)c1. The number of nitrogens with zero attached hydrogens (tertiary/aromatic N) is 1. The van der Waals surface area contributed by atoms with Gasteiger partial charge in [0.2, 0.25) is 0 Å². The summed E-state index contributed by atoms with van der Waals surface area (Å²) < 4.78 is 10.6. The molecule has 1 amide bonds. The van der Waals surface area contributed by atoms with E-state index in [9.17, 15) is 19.7 Å². The Kier molecular flexibility index (Phi) is 7.10. The summed E-state index contributed by atoms with van der Waals surface area (Å²) in [5.74, 6) is 0.132. The highest BCUT2D eigenvalue weighted by molar-refractivity contribution is 6.04. The number of aromatic nitrogens is 1. The number of hydrogen-bond acceptors (Lipinski definition) is 6. The molecule has 0 unspecified atom stereocenters. The van der Waals surface area contributed by atoms with Crippen LogP contribution in [0.1, 0.15) is 51.4 Å². The quantitative estimate of drug-likeness (QED) is 0.254. The van der Waals surface area contributed by atoms with Crippen LogP contribution in [-0.2, 0) is 4.74 Å². The maximum absolute atomic E-state index is 12.8. The second kappa shape index (κ2) is 10.2. The van der Waals surface area contributed by atoms with Crippen molar-refractivity contribution in [1.29, 1.82) is 0 Å². The second-order valence-electron chi connectivity index (χ2n) is 9.04. The maximum Gasteiger partial charge on any atom is 0.355 e. The first-order valence-electron chi connectivity index (χ1n) is 11.8. The Labute approximate surface area is 209 Å². The third-order valence-corrected chi connectivity index (χ3v) is 6.78. The number of nitrogens with one attached hydrogen (secondary N) is 2. The average Bonchev–Trinajstić information content (AvgIpc) is 3.18. The fourth-order valence-electron chi connectivity index (χ4n) is 4.61. The van der Waals surface area contributed by atoms with Gasteiger partial charge >= 0.3 is 5.97 Å². The average molecular weight is 492 g/mol. The molecule has 0 aliphatic heterocycles. The molecule has 1 aromatic heterocycles. The van der Waals surface area contributed by atoms with Crippen LogP contribution in [0.4, 0.5) is 5.69 Å². The summed E-state index contributed by atoms with van der Waals surface area (Å²) in [7, 11) is 2.79. The minimum Gasteiger partial charge on any atom is -0.496 e. The number of nitro benzene ring substituents is 1. The predicted octanol–water partition coefficient (Wildman–Crippen LogP) is 5.20. The van der Waals surface area contributed by atoms with Crippen molar-refractivity contribution >= 4 is 17.6 Å². The van der Waals surface area contributed by atoms with Crippen molar-refractivity contribution in [3.63, 3.8) is 0 Å². The zero-order chi connectivity index (χ0) is 26.0. The van der Waals surface area contributed by atoms with Crippen LogP contribution in [0.15, 0.2) is 36.4 Å². The molecule has 0 saturated heterocycles. The first-order chi connectivity index (χ1) is 17.2. The van der Waals surface area contributed by atoms with E-state index in [2.05, 4.69) is 10.3 Å². The van der Waals surface area contributed by atoms with Crippen LogP contribution in [0.25, 0.3) is 22.3 Å².